The summed E-state index contributed by atoms with van der Waals surface area (Å²) in [5.74, 6) is 0.439. The van der Waals surface area contributed by atoms with E-state index in [0.717, 1.165) is 18.7 Å². The molecule has 68 valence electrons. The standard InChI is InChI=1S/C10H18N2/c1-5-7-12-10(3)9(2)6-8-11-4/h5,7,9,11H,1,3,6,8H2,2,4H3. The molecule has 0 spiro atoms. The molecule has 0 aromatic rings. The van der Waals surface area contributed by atoms with Gasteiger partial charge in [-0.25, -0.2) is 0 Å². The van der Waals surface area contributed by atoms with Crippen LogP contribution in [-0.2, 0) is 0 Å². The third-order valence-electron chi connectivity index (χ3n) is 1.74. The summed E-state index contributed by atoms with van der Waals surface area (Å²) < 4.78 is 0. The van der Waals surface area contributed by atoms with Crippen molar-refractivity contribution < 1.29 is 0 Å². The van der Waals surface area contributed by atoms with Crippen LogP contribution in [0, 0.1) is 5.92 Å². The number of rotatable bonds is 6. The molecule has 0 fully saturated rings. The zero-order valence-corrected chi connectivity index (χ0v) is 8.01. The van der Waals surface area contributed by atoms with Crippen molar-refractivity contribution in [3.63, 3.8) is 0 Å². The number of allylic oxidation sites excluding steroid dienone is 2. The van der Waals surface area contributed by atoms with Crippen molar-refractivity contribution in [1.82, 2.24) is 5.32 Å². The van der Waals surface area contributed by atoms with Crippen LogP contribution in [0.2, 0.25) is 0 Å². The zero-order chi connectivity index (χ0) is 9.40. The molecule has 0 aliphatic rings. The molecule has 0 bridgehead atoms. The lowest BCUT2D eigenvalue weighted by Crippen LogP contribution is -2.12. The van der Waals surface area contributed by atoms with E-state index < -0.39 is 0 Å². The van der Waals surface area contributed by atoms with Gasteiger partial charge >= 0.3 is 0 Å². The molecule has 0 aromatic heterocycles. The van der Waals surface area contributed by atoms with Crippen molar-refractivity contribution >= 4 is 6.21 Å². The van der Waals surface area contributed by atoms with Gasteiger partial charge in [0.15, 0.2) is 0 Å². The molecule has 0 saturated carbocycles. The van der Waals surface area contributed by atoms with E-state index in [1.165, 1.54) is 0 Å². The van der Waals surface area contributed by atoms with E-state index in [1.54, 1.807) is 12.3 Å². The van der Waals surface area contributed by atoms with Crippen LogP contribution in [0.15, 0.2) is 29.9 Å². The Labute approximate surface area is 75.1 Å². The van der Waals surface area contributed by atoms with Gasteiger partial charge in [-0.2, -0.15) is 0 Å². The predicted octanol–water partition coefficient (Wildman–Crippen LogP) is 2.00. The van der Waals surface area contributed by atoms with Crippen molar-refractivity contribution in [2.45, 2.75) is 13.3 Å². The topological polar surface area (TPSA) is 24.4 Å². The number of aliphatic imine (C=N–C) groups is 1. The second-order valence-electron chi connectivity index (χ2n) is 2.80. The molecule has 0 aromatic carbocycles. The van der Waals surface area contributed by atoms with Gasteiger partial charge in [0, 0.05) is 11.9 Å². The molecular weight excluding hydrogens is 148 g/mol. The lowest BCUT2D eigenvalue weighted by atomic mass is 10.1. The first-order valence-electron chi connectivity index (χ1n) is 4.20. The van der Waals surface area contributed by atoms with Gasteiger partial charge in [-0.1, -0.05) is 26.2 Å². The third kappa shape index (κ3) is 4.85. The summed E-state index contributed by atoms with van der Waals surface area (Å²) in [6.45, 7) is 10.6. The summed E-state index contributed by atoms with van der Waals surface area (Å²) in [5, 5.41) is 3.10. The monoisotopic (exact) mass is 166 g/mol. The van der Waals surface area contributed by atoms with Crippen LogP contribution < -0.4 is 5.32 Å². The van der Waals surface area contributed by atoms with Crippen molar-refractivity contribution in [2.24, 2.45) is 10.9 Å². The molecule has 2 nitrogen and oxygen atoms in total. The van der Waals surface area contributed by atoms with Crippen molar-refractivity contribution in [3.05, 3.63) is 24.9 Å². The predicted molar refractivity (Wildman–Crippen MR) is 55.5 cm³/mol. The van der Waals surface area contributed by atoms with Gasteiger partial charge in [0.05, 0.1) is 0 Å². The maximum atomic E-state index is 4.13. The molecule has 12 heavy (non-hydrogen) atoms. The fourth-order valence-electron chi connectivity index (χ4n) is 0.803. The highest BCUT2D eigenvalue weighted by molar-refractivity contribution is 5.71. The zero-order valence-electron chi connectivity index (χ0n) is 8.01. The minimum absolute atomic E-state index is 0.439. The van der Waals surface area contributed by atoms with Crippen LogP contribution in [0.5, 0.6) is 0 Å². The molecule has 0 heterocycles. The first-order valence-corrected chi connectivity index (χ1v) is 4.20. The second kappa shape index (κ2) is 6.80. The largest absolute Gasteiger partial charge is 0.320 e. The van der Waals surface area contributed by atoms with Gasteiger partial charge in [0.25, 0.3) is 0 Å². The maximum Gasteiger partial charge on any atom is 0.0360 e. The van der Waals surface area contributed by atoms with Crippen molar-refractivity contribution in [3.8, 4) is 0 Å². The van der Waals surface area contributed by atoms with Crippen LogP contribution in [0.25, 0.3) is 0 Å². The summed E-state index contributed by atoms with van der Waals surface area (Å²) >= 11 is 0. The molecule has 1 N–H and O–H groups in total. The van der Waals surface area contributed by atoms with Crippen molar-refractivity contribution in [2.75, 3.05) is 13.6 Å². The Balaban J connectivity index is 3.76. The van der Waals surface area contributed by atoms with Gasteiger partial charge in [-0.3, -0.25) is 4.99 Å². The van der Waals surface area contributed by atoms with E-state index in [0.29, 0.717) is 5.92 Å². The van der Waals surface area contributed by atoms with E-state index >= 15 is 0 Å². The van der Waals surface area contributed by atoms with E-state index in [2.05, 4.69) is 30.4 Å². The van der Waals surface area contributed by atoms with Gasteiger partial charge in [-0.05, 0) is 25.9 Å². The first kappa shape index (κ1) is 11.1. The Morgan fingerprint density at radius 1 is 1.67 bits per heavy atom. The number of hydrogen-bond donors (Lipinski definition) is 1. The lowest BCUT2D eigenvalue weighted by molar-refractivity contribution is 0.582. The summed E-state index contributed by atoms with van der Waals surface area (Å²) in [5.41, 5.74) is 0.921. The molecular formula is C10H18N2. The molecule has 0 rings (SSSR count). The highest BCUT2D eigenvalue weighted by atomic mass is 14.8. The summed E-state index contributed by atoms with van der Waals surface area (Å²) in [6, 6.07) is 0. The number of hydrogen-bond acceptors (Lipinski definition) is 2. The molecule has 0 aliphatic carbocycles. The van der Waals surface area contributed by atoms with E-state index in [1.807, 2.05) is 7.05 Å². The highest BCUT2D eigenvalue weighted by Gasteiger charge is 2.02. The Morgan fingerprint density at radius 2 is 2.33 bits per heavy atom. The average Bonchev–Trinajstić information content (AvgIpc) is 2.10. The number of nitrogens with zero attached hydrogens (tertiary/aromatic N) is 1. The Kier molecular flexibility index (Phi) is 6.29. The van der Waals surface area contributed by atoms with Crippen LogP contribution in [-0.4, -0.2) is 19.8 Å². The van der Waals surface area contributed by atoms with E-state index in [9.17, 15) is 0 Å². The average molecular weight is 166 g/mol. The third-order valence-corrected chi connectivity index (χ3v) is 1.74. The molecule has 2 heteroatoms. The van der Waals surface area contributed by atoms with E-state index in [-0.39, 0.29) is 0 Å². The fraction of sp³-hybridized carbons (Fsp3) is 0.500. The Morgan fingerprint density at radius 3 is 2.83 bits per heavy atom. The van der Waals surface area contributed by atoms with Crippen LogP contribution in [0.3, 0.4) is 0 Å². The molecule has 0 aliphatic heterocycles. The Bertz CT molecular complexity index is 171. The minimum Gasteiger partial charge on any atom is -0.320 e. The summed E-state index contributed by atoms with van der Waals surface area (Å²) in [7, 11) is 1.95. The maximum absolute atomic E-state index is 4.13. The van der Waals surface area contributed by atoms with Gasteiger partial charge in [0.1, 0.15) is 0 Å². The first-order chi connectivity index (χ1) is 5.72. The van der Waals surface area contributed by atoms with Crippen LogP contribution in [0.4, 0.5) is 0 Å². The van der Waals surface area contributed by atoms with Gasteiger partial charge in [0.2, 0.25) is 0 Å². The lowest BCUT2D eigenvalue weighted by Gasteiger charge is -2.09. The second-order valence-corrected chi connectivity index (χ2v) is 2.80. The molecule has 1 atom stereocenters. The number of nitrogens with one attached hydrogen (secondary N) is 1. The van der Waals surface area contributed by atoms with E-state index in [4.69, 9.17) is 0 Å². The van der Waals surface area contributed by atoms with Crippen LogP contribution >= 0.6 is 0 Å². The molecule has 0 saturated heterocycles. The molecule has 0 amide bonds. The summed E-state index contributed by atoms with van der Waals surface area (Å²) in [4.78, 5) is 4.13. The van der Waals surface area contributed by atoms with Crippen LogP contribution in [0.1, 0.15) is 13.3 Å². The smallest absolute Gasteiger partial charge is 0.0360 e. The Hall–Kier alpha value is -0.890. The highest BCUT2D eigenvalue weighted by Crippen LogP contribution is 2.12. The SMILES string of the molecule is C=CC=NC(=C)C(C)CCNC. The van der Waals surface area contributed by atoms with Gasteiger partial charge in [-0.15, -0.1) is 0 Å². The fourth-order valence-corrected chi connectivity index (χ4v) is 0.803. The normalized spacial score (nSPS) is 13.2. The summed E-state index contributed by atoms with van der Waals surface area (Å²) in [6.07, 6.45) is 4.41. The van der Waals surface area contributed by atoms with Gasteiger partial charge < -0.3 is 5.32 Å². The minimum atomic E-state index is 0.439. The molecule has 0 radical (unpaired) electrons. The quantitative estimate of drug-likeness (QED) is 0.600. The molecule has 1 unspecified atom stereocenters. The van der Waals surface area contributed by atoms with Crippen molar-refractivity contribution in [1.29, 1.82) is 0 Å².